The highest BCUT2D eigenvalue weighted by atomic mass is 35.5. The number of halogens is 1. The van der Waals surface area contributed by atoms with Crippen molar-refractivity contribution in [2.45, 2.75) is 38.8 Å². The van der Waals surface area contributed by atoms with Crippen molar-refractivity contribution in [2.24, 2.45) is 0 Å². The maximum atomic E-state index is 12.7. The molecule has 2 aromatic heterocycles. The third-order valence-electron chi connectivity index (χ3n) is 5.43. The van der Waals surface area contributed by atoms with Gasteiger partial charge in [0.25, 0.3) is 11.8 Å². The molecular formula is C21H29ClN6O5S. The van der Waals surface area contributed by atoms with E-state index in [9.17, 15) is 14.4 Å². The Kier molecular flexibility index (Phi) is 8.50. The molecule has 0 aliphatic carbocycles. The SMILES string of the molecule is CCOC(=O)c1sc(N2CC[C@H](NC(=O)c3nc(Cl)c(CC)[nH]3)[C@H](OC)C2)nc1C(=O)N(C)C. The second kappa shape index (κ2) is 11.2. The molecular weight excluding hydrogens is 484 g/mol. The lowest BCUT2D eigenvalue weighted by molar-refractivity contribution is 0.0525. The fraction of sp³-hybridized carbons (Fsp3) is 0.571. The Balaban J connectivity index is 1.76. The summed E-state index contributed by atoms with van der Waals surface area (Å²) in [4.78, 5) is 52.7. The molecule has 3 heterocycles. The molecule has 0 bridgehead atoms. The number of aromatic amines is 1. The van der Waals surface area contributed by atoms with Gasteiger partial charge in [-0.2, -0.15) is 0 Å². The Morgan fingerprint density at radius 1 is 1.29 bits per heavy atom. The number of rotatable bonds is 8. The van der Waals surface area contributed by atoms with Crippen molar-refractivity contribution in [1.82, 2.24) is 25.2 Å². The number of hydrogen-bond donors (Lipinski definition) is 2. The van der Waals surface area contributed by atoms with Gasteiger partial charge in [0.2, 0.25) is 0 Å². The van der Waals surface area contributed by atoms with E-state index < -0.39 is 5.97 Å². The second-order valence-electron chi connectivity index (χ2n) is 7.89. The molecule has 1 saturated heterocycles. The van der Waals surface area contributed by atoms with Crippen molar-refractivity contribution < 1.29 is 23.9 Å². The van der Waals surface area contributed by atoms with E-state index in [1.807, 2.05) is 11.8 Å². The molecule has 2 N–H and O–H groups in total. The largest absolute Gasteiger partial charge is 0.462 e. The third kappa shape index (κ3) is 5.50. The molecule has 1 aliphatic heterocycles. The van der Waals surface area contributed by atoms with Gasteiger partial charge in [-0.15, -0.1) is 0 Å². The van der Waals surface area contributed by atoms with Gasteiger partial charge in [0, 0.05) is 34.3 Å². The van der Waals surface area contributed by atoms with E-state index in [1.54, 1.807) is 28.1 Å². The molecule has 2 amide bonds. The molecule has 34 heavy (non-hydrogen) atoms. The van der Waals surface area contributed by atoms with Gasteiger partial charge in [-0.3, -0.25) is 9.59 Å². The highest BCUT2D eigenvalue weighted by molar-refractivity contribution is 7.17. The van der Waals surface area contributed by atoms with E-state index in [-0.39, 0.29) is 52.1 Å². The Hall–Kier alpha value is -2.70. The molecule has 1 aliphatic rings. The highest BCUT2D eigenvalue weighted by Gasteiger charge is 2.34. The number of nitrogens with one attached hydrogen (secondary N) is 2. The number of carbonyl (C=O) groups excluding carboxylic acids is 3. The molecule has 0 radical (unpaired) electrons. The smallest absolute Gasteiger partial charge is 0.350 e. The molecule has 1 fully saturated rings. The van der Waals surface area contributed by atoms with Crippen LogP contribution in [0, 0.1) is 0 Å². The van der Waals surface area contributed by atoms with Crippen molar-refractivity contribution in [3.63, 3.8) is 0 Å². The topological polar surface area (TPSA) is 130 Å². The second-order valence-corrected chi connectivity index (χ2v) is 9.23. The first-order chi connectivity index (χ1) is 16.2. The van der Waals surface area contributed by atoms with Gasteiger partial charge >= 0.3 is 5.97 Å². The first-order valence-electron chi connectivity index (χ1n) is 10.9. The molecule has 2 aromatic rings. The van der Waals surface area contributed by atoms with Gasteiger partial charge in [0.15, 0.2) is 21.8 Å². The fourth-order valence-corrected chi connectivity index (χ4v) is 4.85. The Labute approximate surface area is 206 Å². The number of hydrogen-bond acceptors (Lipinski definition) is 9. The summed E-state index contributed by atoms with van der Waals surface area (Å²) in [6.45, 7) is 4.76. The predicted molar refractivity (Wildman–Crippen MR) is 128 cm³/mol. The molecule has 13 heteroatoms. The van der Waals surface area contributed by atoms with Crippen LogP contribution in [-0.2, 0) is 15.9 Å². The van der Waals surface area contributed by atoms with Gasteiger partial charge in [-0.25, -0.2) is 14.8 Å². The van der Waals surface area contributed by atoms with E-state index in [1.165, 1.54) is 4.90 Å². The summed E-state index contributed by atoms with van der Waals surface area (Å²) in [5.74, 6) is -1.16. The van der Waals surface area contributed by atoms with Crippen LogP contribution in [0.25, 0.3) is 0 Å². The highest BCUT2D eigenvalue weighted by Crippen LogP contribution is 2.30. The van der Waals surface area contributed by atoms with Gasteiger partial charge in [-0.05, 0) is 19.8 Å². The maximum Gasteiger partial charge on any atom is 0.350 e. The number of aryl methyl sites for hydroxylation is 1. The van der Waals surface area contributed by atoms with Gasteiger partial charge < -0.3 is 29.6 Å². The van der Waals surface area contributed by atoms with E-state index in [0.29, 0.717) is 36.8 Å². The predicted octanol–water partition coefficient (Wildman–Crippen LogP) is 1.98. The summed E-state index contributed by atoms with van der Waals surface area (Å²) >= 11 is 7.17. The summed E-state index contributed by atoms with van der Waals surface area (Å²) in [7, 11) is 4.77. The summed E-state index contributed by atoms with van der Waals surface area (Å²) in [5.41, 5.74) is 0.767. The van der Waals surface area contributed by atoms with Crippen LogP contribution in [0.5, 0.6) is 0 Å². The van der Waals surface area contributed by atoms with Crippen LogP contribution in [0.1, 0.15) is 56.7 Å². The minimum atomic E-state index is -0.578. The quantitative estimate of drug-likeness (QED) is 0.513. The lowest BCUT2D eigenvalue weighted by Crippen LogP contribution is -2.55. The molecule has 186 valence electrons. The molecule has 0 saturated carbocycles. The van der Waals surface area contributed by atoms with E-state index in [0.717, 1.165) is 11.3 Å². The number of thiazole rings is 1. The number of aromatic nitrogens is 3. The number of imidazole rings is 1. The van der Waals surface area contributed by atoms with Crippen LogP contribution in [0.3, 0.4) is 0 Å². The minimum absolute atomic E-state index is 0.0641. The summed E-state index contributed by atoms with van der Waals surface area (Å²) in [5, 5.41) is 3.77. The zero-order chi connectivity index (χ0) is 25.0. The summed E-state index contributed by atoms with van der Waals surface area (Å²) in [6, 6.07) is -0.268. The number of carbonyl (C=O) groups is 3. The zero-order valence-corrected chi connectivity index (χ0v) is 21.4. The van der Waals surface area contributed by atoms with Crippen molar-refractivity contribution in [1.29, 1.82) is 0 Å². The number of piperidine rings is 1. The molecule has 0 spiro atoms. The Morgan fingerprint density at radius 3 is 2.62 bits per heavy atom. The lowest BCUT2D eigenvalue weighted by Gasteiger charge is -2.37. The first-order valence-corrected chi connectivity index (χ1v) is 12.1. The number of methoxy groups -OCH3 is 1. The van der Waals surface area contributed by atoms with Crippen molar-refractivity contribution >= 4 is 45.9 Å². The van der Waals surface area contributed by atoms with Crippen molar-refractivity contribution in [3.8, 4) is 0 Å². The van der Waals surface area contributed by atoms with Crippen molar-refractivity contribution in [3.05, 3.63) is 27.2 Å². The number of esters is 1. The fourth-order valence-electron chi connectivity index (χ4n) is 3.60. The van der Waals surface area contributed by atoms with Gasteiger partial charge in [-0.1, -0.05) is 29.9 Å². The van der Waals surface area contributed by atoms with Crippen LogP contribution in [-0.4, -0.2) is 90.7 Å². The number of nitrogens with zero attached hydrogens (tertiary/aromatic N) is 4. The van der Waals surface area contributed by atoms with Crippen LogP contribution < -0.4 is 10.2 Å². The average molecular weight is 513 g/mol. The Bertz CT molecular complexity index is 1050. The van der Waals surface area contributed by atoms with E-state index in [4.69, 9.17) is 21.1 Å². The van der Waals surface area contributed by atoms with E-state index in [2.05, 4.69) is 20.3 Å². The Morgan fingerprint density at radius 2 is 2.03 bits per heavy atom. The van der Waals surface area contributed by atoms with Gasteiger partial charge in [0.1, 0.15) is 4.88 Å². The van der Waals surface area contributed by atoms with Crippen LogP contribution in [0.15, 0.2) is 0 Å². The summed E-state index contributed by atoms with van der Waals surface area (Å²) < 4.78 is 10.8. The molecule has 0 aromatic carbocycles. The monoisotopic (exact) mass is 512 g/mol. The van der Waals surface area contributed by atoms with Gasteiger partial charge in [0.05, 0.1) is 24.4 Å². The first kappa shape index (κ1) is 25.9. The number of H-pyrrole nitrogens is 1. The standard InChI is InChI=1S/C21H29ClN6O5S/c1-6-11-16(22)26-17(23-11)18(29)24-12-8-9-28(10-13(12)32-5)21-25-14(19(30)27(3)4)15(34-21)20(31)33-7-2/h12-13H,6-10H2,1-5H3,(H,23,26)(H,24,29)/t12-,13+/m0/s1. The number of amides is 2. The van der Waals surface area contributed by atoms with Crippen LogP contribution in [0.2, 0.25) is 5.15 Å². The minimum Gasteiger partial charge on any atom is -0.462 e. The average Bonchev–Trinajstić information content (AvgIpc) is 3.42. The third-order valence-corrected chi connectivity index (χ3v) is 6.84. The maximum absolute atomic E-state index is 12.7. The molecule has 0 unspecified atom stereocenters. The van der Waals surface area contributed by atoms with Crippen molar-refractivity contribution in [2.75, 3.05) is 45.8 Å². The van der Waals surface area contributed by atoms with Crippen LogP contribution >= 0.6 is 22.9 Å². The lowest BCUT2D eigenvalue weighted by atomic mass is 10.0. The molecule has 3 rings (SSSR count). The number of ether oxygens (including phenoxy) is 2. The van der Waals surface area contributed by atoms with Crippen LogP contribution in [0.4, 0.5) is 5.13 Å². The van der Waals surface area contributed by atoms with E-state index >= 15 is 0 Å². The zero-order valence-electron chi connectivity index (χ0n) is 19.8. The summed E-state index contributed by atoms with van der Waals surface area (Å²) in [6.07, 6.45) is 0.847. The normalized spacial score (nSPS) is 18.0. The molecule has 2 atom stereocenters. The molecule has 11 nitrogen and oxygen atoms in total. The number of anilines is 1.